The van der Waals surface area contributed by atoms with Gasteiger partial charge in [0.2, 0.25) is 11.8 Å². The number of methoxy groups -OCH3 is 1. The smallest absolute Gasteiger partial charge is 0.243 e. The van der Waals surface area contributed by atoms with Gasteiger partial charge in [0, 0.05) is 23.4 Å². The largest absolute Gasteiger partial charge is 0.497 e. The van der Waals surface area contributed by atoms with Crippen molar-refractivity contribution in [3.63, 3.8) is 0 Å². The molecule has 3 rings (SSSR count). The van der Waals surface area contributed by atoms with Crippen molar-refractivity contribution in [2.45, 2.75) is 69.8 Å². The maximum Gasteiger partial charge on any atom is 0.243 e. The lowest BCUT2D eigenvalue weighted by atomic mass is 9.95. The Labute approximate surface area is 212 Å². The van der Waals surface area contributed by atoms with E-state index in [4.69, 9.17) is 16.3 Å². The number of hydrogen-bond acceptors (Lipinski definition) is 4. The standard InChI is InChI=1S/C27H35ClN2O3S/c1-3-25(27(32)29-22-12-5-4-6-13-22)30(17-20-10-9-14-23(16-20)33-2)26(31)19-34-18-21-11-7-8-15-24(21)28/h7-11,14-16,22,25H,3-6,12-13,17-19H2,1-2H3,(H,29,32)/t25-/m1/s1. The van der Waals surface area contributed by atoms with E-state index < -0.39 is 6.04 Å². The molecule has 1 aliphatic carbocycles. The maximum atomic E-state index is 13.4. The molecule has 0 unspecified atom stereocenters. The van der Waals surface area contributed by atoms with Gasteiger partial charge in [0.15, 0.2) is 0 Å². The lowest BCUT2D eigenvalue weighted by Crippen LogP contribution is -2.52. The fourth-order valence-electron chi connectivity index (χ4n) is 4.38. The lowest BCUT2D eigenvalue weighted by molar-refractivity contribution is -0.139. The van der Waals surface area contributed by atoms with Crippen LogP contribution in [-0.2, 0) is 21.9 Å². The van der Waals surface area contributed by atoms with Crippen LogP contribution >= 0.6 is 23.4 Å². The second-order valence-corrected chi connectivity index (χ2v) is 10.1. The number of halogens is 1. The summed E-state index contributed by atoms with van der Waals surface area (Å²) in [5.41, 5.74) is 1.94. The van der Waals surface area contributed by atoms with E-state index in [1.807, 2.05) is 55.5 Å². The molecule has 1 atom stereocenters. The van der Waals surface area contributed by atoms with Gasteiger partial charge in [-0.25, -0.2) is 0 Å². The van der Waals surface area contributed by atoms with E-state index in [2.05, 4.69) is 5.32 Å². The van der Waals surface area contributed by atoms with Crippen LogP contribution in [0.25, 0.3) is 0 Å². The topological polar surface area (TPSA) is 58.6 Å². The van der Waals surface area contributed by atoms with Gasteiger partial charge in [-0.15, -0.1) is 11.8 Å². The summed E-state index contributed by atoms with van der Waals surface area (Å²) in [6.07, 6.45) is 6.11. The van der Waals surface area contributed by atoms with E-state index in [1.54, 1.807) is 12.0 Å². The van der Waals surface area contributed by atoms with Crippen LogP contribution in [0, 0.1) is 0 Å². The highest BCUT2D eigenvalue weighted by Gasteiger charge is 2.30. The first-order valence-electron chi connectivity index (χ1n) is 12.1. The quantitative estimate of drug-likeness (QED) is 0.419. The number of thioether (sulfide) groups is 1. The highest BCUT2D eigenvalue weighted by Crippen LogP contribution is 2.23. The monoisotopic (exact) mass is 502 g/mol. The number of nitrogens with one attached hydrogen (secondary N) is 1. The third kappa shape index (κ3) is 7.67. The molecule has 0 aromatic heterocycles. The molecule has 7 heteroatoms. The third-order valence-electron chi connectivity index (χ3n) is 6.27. The Kier molecular flexibility index (Phi) is 10.6. The summed E-state index contributed by atoms with van der Waals surface area (Å²) in [5, 5.41) is 3.92. The summed E-state index contributed by atoms with van der Waals surface area (Å²) >= 11 is 7.79. The van der Waals surface area contributed by atoms with Crippen LogP contribution in [0.4, 0.5) is 0 Å². The fraction of sp³-hybridized carbons (Fsp3) is 0.481. The second kappa shape index (κ2) is 13.6. The Morgan fingerprint density at radius 2 is 1.91 bits per heavy atom. The number of nitrogens with zero attached hydrogens (tertiary/aromatic N) is 1. The van der Waals surface area contributed by atoms with Crippen molar-refractivity contribution in [1.29, 1.82) is 0 Å². The predicted molar refractivity (Wildman–Crippen MR) is 140 cm³/mol. The first-order valence-corrected chi connectivity index (χ1v) is 13.6. The van der Waals surface area contributed by atoms with E-state index in [9.17, 15) is 9.59 Å². The van der Waals surface area contributed by atoms with Crippen LogP contribution in [0.1, 0.15) is 56.6 Å². The molecule has 34 heavy (non-hydrogen) atoms. The van der Waals surface area contributed by atoms with Crippen LogP contribution < -0.4 is 10.1 Å². The molecule has 1 fully saturated rings. The third-order valence-corrected chi connectivity index (χ3v) is 7.60. The molecule has 2 aromatic carbocycles. The van der Waals surface area contributed by atoms with E-state index in [-0.39, 0.29) is 23.6 Å². The van der Waals surface area contributed by atoms with Gasteiger partial charge >= 0.3 is 0 Å². The highest BCUT2D eigenvalue weighted by molar-refractivity contribution is 7.99. The van der Waals surface area contributed by atoms with Crippen LogP contribution in [0.2, 0.25) is 5.02 Å². The molecule has 0 radical (unpaired) electrons. The summed E-state index contributed by atoms with van der Waals surface area (Å²) in [7, 11) is 1.62. The molecule has 2 aromatic rings. The molecule has 1 N–H and O–H groups in total. The SMILES string of the molecule is CC[C@H](C(=O)NC1CCCCC1)N(Cc1cccc(OC)c1)C(=O)CSCc1ccccc1Cl. The molecule has 0 heterocycles. The van der Waals surface area contributed by atoms with E-state index in [1.165, 1.54) is 18.2 Å². The Hall–Kier alpha value is -2.18. The zero-order valence-corrected chi connectivity index (χ0v) is 21.7. The first-order chi connectivity index (χ1) is 16.5. The van der Waals surface area contributed by atoms with Gasteiger partial charge in [-0.05, 0) is 48.6 Å². The van der Waals surface area contributed by atoms with Gasteiger partial charge < -0.3 is 15.0 Å². The van der Waals surface area contributed by atoms with Crippen LogP contribution in [0.5, 0.6) is 5.75 Å². The van der Waals surface area contributed by atoms with Crippen molar-refractivity contribution < 1.29 is 14.3 Å². The van der Waals surface area contributed by atoms with Crippen molar-refractivity contribution in [3.8, 4) is 5.75 Å². The predicted octanol–water partition coefficient (Wildman–Crippen LogP) is 5.84. The van der Waals surface area contributed by atoms with Gasteiger partial charge in [-0.1, -0.05) is 68.1 Å². The van der Waals surface area contributed by atoms with Gasteiger partial charge in [0.25, 0.3) is 0 Å². The first kappa shape index (κ1) is 26.4. The van der Waals surface area contributed by atoms with Gasteiger partial charge in [-0.2, -0.15) is 0 Å². The lowest BCUT2D eigenvalue weighted by Gasteiger charge is -2.33. The Morgan fingerprint density at radius 1 is 1.15 bits per heavy atom. The summed E-state index contributed by atoms with van der Waals surface area (Å²) < 4.78 is 5.36. The van der Waals surface area contributed by atoms with Crippen molar-refractivity contribution in [3.05, 3.63) is 64.7 Å². The molecule has 0 saturated heterocycles. The minimum Gasteiger partial charge on any atom is -0.497 e. The summed E-state index contributed by atoms with van der Waals surface area (Å²) in [5.74, 6) is 1.55. The molecule has 0 bridgehead atoms. The minimum absolute atomic E-state index is 0.0504. The van der Waals surface area contributed by atoms with Gasteiger partial charge in [0.05, 0.1) is 12.9 Å². The van der Waals surface area contributed by atoms with Crippen molar-refractivity contribution in [1.82, 2.24) is 10.2 Å². The average molecular weight is 503 g/mol. The van der Waals surface area contributed by atoms with Crippen molar-refractivity contribution in [2.75, 3.05) is 12.9 Å². The molecule has 1 aliphatic rings. The number of ether oxygens (including phenoxy) is 1. The van der Waals surface area contributed by atoms with Crippen LogP contribution in [0.3, 0.4) is 0 Å². The van der Waals surface area contributed by atoms with E-state index in [0.717, 1.165) is 42.6 Å². The number of amides is 2. The minimum atomic E-state index is -0.512. The maximum absolute atomic E-state index is 13.4. The number of hydrogen-bond donors (Lipinski definition) is 1. The molecule has 0 spiro atoms. The van der Waals surface area contributed by atoms with Crippen molar-refractivity contribution >= 4 is 35.2 Å². The Morgan fingerprint density at radius 3 is 2.62 bits per heavy atom. The van der Waals surface area contributed by atoms with E-state index in [0.29, 0.717) is 23.7 Å². The second-order valence-electron chi connectivity index (χ2n) is 8.72. The summed E-state index contributed by atoms with van der Waals surface area (Å²) in [6.45, 7) is 2.33. The molecule has 5 nitrogen and oxygen atoms in total. The summed E-state index contributed by atoms with van der Waals surface area (Å²) in [6, 6.07) is 15.0. The van der Waals surface area contributed by atoms with Crippen molar-refractivity contribution in [2.24, 2.45) is 0 Å². The Bertz CT molecular complexity index is 949. The molecule has 2 amide bonds. The zero-order chi connectivity index (χ0) is 24.3. The van der Waals surface area contributed by atoms with Crippen LogP contribution in [0.15, 0.2) is 48.5 Å². The summed E-state index contributed by atoms with van der Waals surface area (Å²) in [4.78, 5) is 28.5. The molecular formula is C27H35ClN2O3S. The number of carbonyl (C=O) groups excluding carboxylic acids is 2. The number of rotatable bonds is 11. The zero-order valence-electron chi connectivity index (χ0n) is 20.1. The van der Waals surface area contributed by atoms with Gasteiger partial charge in [-0.3, -0.25) is 9.59 Å². The Balaban J connectivity index is 1.72. The average Bonchev–Trinajstić information content (AvgIpc) is 2.85. The van der Waals surface area contributed by atoms with E-state index >= 15 is 0 Å². The molecule has 0 aliphatic heterocycles. The van der Waals surface area contributed by atoms with Gasteiger partial charge in [0.1, 0.15) is 11.8 Å². The van der Waals surface area contributed by atoms with Crippen LogP contribution in [-0.4, -0.2) is 41.7 Å². The highest BCUT2D eigenvalue weighted by atomic mass is 35.5. The number of benzene rings is 2. The molecular weight excluding hydrogens is 468 g/mol. The number of carbonyl (C=O) groups is 2. The normalized spacial score (nSPS) is 14.9. The fourth-order valence-corrected chi connectivity index (χ4v) is 5.57. The molecule has 184 valence electrons. The molecule has 1 saturated carbocycles.